The van der Waals surface area contributed by atoms with Gasteiger partial charge in [0.25, 0.3) is 0 Å². The van der Waals surface area contributed by atoms with Crippen molar-refractivity contribution >= 4 is 5.91 Å². The van der Waals surface area contributed by atoms with Gasteiger partial charge >= 0.3 is 0 Å². The van der Waals surface area contributed by atoms with Crippen LogP contribution in [0.15, 0.2) is 0 Å². The molecular formula is C9H20N2O. The van der Waals surface area contributed by atoms with Gasteiger partial charge in [-0.2, -0.15) is 0 Å². The summed E-state index contributed by atoms with van der Waals surface area (Å²) in [5.74, 6) is 0.536. The Bertz CT molecular complexity index is 157. The van der Waals surface area contributed by atoms with E-state index in [-0.39, 0.29) is 11.4 Å². The number of hydrogen-bond donors (Lipinski definition) is 2. The third-order valence-corrected chi connectivity index (χ3v) is 1.79. The molecule has 1 atom stereocenters. The van der Waals surface area contributed by atoms with Crippen LogP contribution >= 0.6 is 0 Å². The monoisotopic (exact) mass is 172 g/mol. The summed E-state index contributed by atoms with van der Waals surface area (Å²) in [5.41, 5.74) is 5.35. The van der Waals surface area contributed by atoms with E-state index in [0.29, 0.717) is 12.5 Å². The molecule has 3 N–H and O–H groups in total. The van der Waals surface area contributed by atoms with E-state index in [1.165, 1.54) is 6.92 Å². The minimum absolute atomic E-state index is 0.0106. The first-order valence-electron chi connectivity index (χ1n) is 4.38. The summed E-state index contributed by atoms with van der Waals surface area (Å²) in [6.45, 7) is 8.23. The number of amides is 1. The Hall–Kier alpha value is -0.570. The van der Waals surface area contributed by atoms with Crippen LogP contribution in [0.1, 0.15) is 34.1 Å². The van der Waals surface area contributed by atoms with Crippen LogP contribution in [0, 0.1) is 5.92 Å². The summed E-state index contributed by atoms with van der Waals surface area (Å²) in [6.07, 6.45) is 0.920. The summed E-state index contributed by atoms with van der Waals surface area (Å²) in [4.78, 5) is 10.8. The van der Waals surface area contributed by atoms with Crippen molar-refractivity contribution in [2.75, 3.05) is 6.54 Å². The highest BCUT2D eigenvalue weighted by atomic mass is 16.1. The van der Waals surface area contributed by atoms with Crippen LogP contribution in [-0.4, -0.2) is 18.0 Å². The molecule has 0 saturated heterocycles. The molecule has 3 heteroatoms. The van der Waals surface area contributed by atoms with E-state index in [4.69, 9.17) is 5.73 Å². The van der Waals surface area contributed by atoms with E-state index in [2.05, 4.69) is 19.2 Å². The van der Waals surface area contributed by atoms with Gasteiger partial charge in [0.1, 0.15) is 0 Å². The molecule has 0 radical (unpaired) electrons. The molecule has 0 aliphatic rings. The maximum atomic E-state index is 10.8. The quantitative estimate of drug-likeness (QED) is 0.661. The molecule has 12 heavy (non-hydrogen) atoms. The summed E-state index contributed by atoms with van der Waals surface area (Å²) in [5, 5.41) is 2.87. The lowest BCUT2D eigenvalue weighted by Crippen LogP contribution is -2.51. The number of nitrogens with one attached hydrogen (secondary N) is 1. The highest BCUT2D eigenvalue weighted by molar-refractivity contribution is 5.73. The molecule has 0 spiro atoms. The Morgan fingerprint density at radius 2 is 2.08 bits per heavy atom. The molecule has 0 rings (SSSR count). The van der Waals surface area contributed by atoms with Crippen molar-refractivity contribution in [3.05, 3.63) is 0 Å². The molecule has 0 aromatic heterocycles. The van der Waals surface area contributed by atoms with Crippen LogP contribution in [0.5, 0.6) is 0 Å². The van der Waals surface area contributed by atoms with Crippen LogP contribution in [0.2, 0.25) is 0 Å². The molecule has 0 fully saturated rings. The molecule has 1 amide bonds. The second-order valence-corrected chi connectivity index (χ2v) is 4.04. The molecule has 0 heterocycles. The molecule has 72 valence electrons. The van der Waals surface area contributed by atoms with Crippen LogP contribution < -0.4 is 11.1 Å². The summed E-state index contributed by atoms with van der Waals surface area (Å²) in [7, 11) is 0. The first-order chi connectivity index (χ1) is 5.39. The molecule has 3 nitrogen and oxygen atoms in total. The van der Waals surface area contributed by atoms with Gasteiger partial charge in [-0.3, -0.25) is 4.79 Å². The highest BCUT2D eigenvalue weighted by Gasteiger charge is 2.23. The Morgan fingerprint density at radius 3 is 2.33 bits per heavy atom. The van der Waals surface area contributed by atoms with Gasteiger partial charge in [0.15, 0.2) is 0 Å². The Morgan fingerprint density at radius 1 is 1.58 bits per heavy atom. The molecule has 0 aromatic carbocycles. The third-order valence-electron chi connectivity index (χ3n) is 1.79. The predicted octanol–water partition coefficient (Wildman–Crippen LogP) is 0.886. The van der Waals surface area contributed by atoms with Crippen molar-refractivity contribution < 1.29 is 4.79 Å². The second-order valence-electron chi connectivity index (χ2n) is 4.04. The largest absolute Gasteiger partial charge is 0.350 e. The fourth-order valence-corrected chi connectivity index (χ4v) is 1.51. The zero-order valence-corrected chi connectivity index (χ0v) is 8.48. The number of carbonyl (C=O) groups excluding carboxylic acids is 1. The first-order valence-corrected chi connectivity index (χ1v) is 4.38. The normalized spacial score (nSPS) is 15.8. The van der Waals surface area contributed by atoms with Gasteiger partial charge in [0, 0.05) is 19.0 Å². The average molecular weight is 172 g/mol. The molecule has 0 aromatic rings. The summed E-state index contributed by atoms with van der Waals surface area (Å²) >= 11 is 0. The lowest BCUT2D eigenvalue weighted by atomic mass is 9.91. The van der Waals surface area contributed by atoms with Crippen LogP contribution in [-0.2, 0) is 4.79 Å². The van der Waals surface area contributed by atoms with Crippen molar-refractivity contribution in [2.24, 2.45) is 11.7 Å². The number of nitrogens with two attached hydrogens (primary N) is 1. The highest BCUT2D eigenvalue weighted by Crippen LogP contribution is 2.14. The predicted molar refractivity (Wildman–Crippen MR) is 50.7 cm³/mol. The van der Waals surface area contributed by atoms with Crippen molar-refractivity contribution in [3.63, 3.8) is 0 Å². The fourth-order valence-electron chi connectivity index (χ4n) is 1.51. The van der Waals surface area contributed by atoms with Crippen molar-refractivity contribution in [1.82, 2.24) is 5.32 Å². The van der Waals surface area contributed by atoms with Gasteiger partial charge in [-0.1, -0.05) is 13.8 Å². The lowest BCUT2D eigenvalue weighted by Gasteiger charge is -2.30. The Balaban J connectivity index is 4.13. The van der Waals surface area contributed by atoms with Gasteiger partial charge < -0.3 is 11.1 Å². The summed E-state index contributed by atoms with van der Waals surface area (Å²) < 4.78 is 0. The molecule has 0 bridgehead atoms. The second kappa shape index (κ2) is 4.45. The average Bonchev–Trinajstić information content (AvgIpc) is 1.83. The van der Waals surface area contributed by atoms with E-state index < -0.39 is 0 Å². The molecule has 0 aliphatic carbocycles. The number of rotatable bonds is 4. The molecule has 0 aliphatic heterocycles. The minimum Gasteiger partial charge on any atom is -0.350 e. The van der Waals surface area contributed by atoms with E-state index in [1.54, 1.807) is 0 Å². The lowest BCUT2D eigenvalue weighted by molar-refractivity contribution is -0.120. The first kappa shape index (κ1) is 11.4. The standard InChI is InChI=1S/C9H20N2O/c1-7(2)5-9(4,6-10)11-8(3)12/h7H,5-6,10H2,1-4H3,(H,11,12). The van der Waals surface area contributed by atoms with Gasteiger partial charge in [0.2, 0.25) is 5.91 Å². The van der Waals surface area contributed by atoms with E-state index in [1.807, 2.05) is 6.92 Å². The van der Waals surface area contributed by atoms with Gasteiger partial charge in [0.05, 0.1) is 0 Å². The van der Waals surface area contributed by atoms with E-state index in [9.17, 15) is 4.79 Å². The summed E-state index contributed by atoms with van der Waals surface area (Å²) in [6, 6.07) is 0. The SMILES string of the molecule is CC(=O)NC(C)(CN)CC(C)C. The number of hydrogen-bond acceptors (Lipinski definition) is 2. The zero-order valence-electron chi connectivity index (χ0n) is 8.48. The molecule has 1 unspecified atom stereocenters. The smallest absolute Gasteiger partial charge is 0.217 e. The van der Waals surface area contributed by atoms with Crippen molar-refractivity contribution in [3.8, 4) is 0 Å². The molecule has 0 saturated carbocycles. The van der Waals surface area contributed by atoms with Crippen molar-refractivity contribution in [2.45, 2.75) is 39.7 Å². The Kier molecular flexibility index (Phi) is 4.24. The van der Waals surface area contributed by atoms with Gasteiger partial charge in [-0.05, 0) is 19.3 Å². The van der Waals surface area contributed by atoms with Crippen LogP contribution in [0.4, 0.5) is 0 Å². The maximum Gasteiger partial charge on any atom is 0.217 e. The third kappa shape index (κ3) is 4.34. The Labute approximate surface area is 74.7 Å². The minimum atomic E-state index is -0.236. The van der Waals surface area contributed by atoms with Gasteiger partial charge in [-0.15, -0.1) is 0 Å². The van der Waals surface area contributed by atoms with Crippen molar-refractivity contribution in [1.29, 1.82) is 0 Å². The van der Waals surface area contributed by atoms with Gasteiger partial charge in [-0.25, -0.2) is 0 Å². The van der Waals surface area contributed by atoms with E-state index >= 15 is 0 Å². The topological polar surface area (TPSA) is 55.1 Å². The maximum absolute atomic E-state index is 10.8. The van der Waals surface area contributed by atoms with E-state index in [0.717, 1.165) is 6.42 Å². The van der Waals surface area contributed by atoms with Crippen LogP contribution in [0.25, 0.3) is 0 Å². The fraction of sp³-hybridized carbons (Fsp3) is 0.889. The zero-order chi connectivity index (χ0) is 9.78. The molecular weight excluding hydrogens is 152 g/mol. The number of carbonyl (C=O) groups is 1. The van der Waals surface area contributed by atoms with Crippen LogP contribution in [0.3, 0.4) is 0 Å².